The molecule has 4 aromatic rings. The normalized spacial score (nSPS) is 11.5. The summed E-state index contributed by atoms with van der Waals surface area (Å²) in [4.78, 5) is 4.66. The molecule has 0 atom stereocenters. The Labute approximate surface area is 157 Å². The van der Waals surface area contributed by atoms with Crippen LogP contribution in [0.1, 0.15) is 16.7 Å². The van der Waals surface area contributed by atoms with Crippen LogP contribution in [0, 0.1) is 20.8 Å². The monoisotopic (exact) mass is 356 g/mol. The Balaban J connectivity index is 1.93. The number of aromatic hydroxyl groups is 1. The van der Waals surface area contributed by atoms with E-state index in [1.54, 1.807) is 16.5 Å². The van der Waals surface area contributed by atoms with E-state index in [-0.39, 0.29) is 5.75 Å². The molecule has 2 aromatic carbocycles. The minimum Gasteiger partial charge on any atom is -0.504 e. The standard InChI is InChI=1S/C22H20N4O/c1-14-6-4-7-17(13-14)24-25-22-20(18-10-9-15(2)12-16(18)3)23-21-19(27)8-5-11-26(21)22/h4-13,27H,1-3H3. The van der Waals surface area contributed by atoms with Crippen molar-refractivity contribution in [2.45, 2.75) is 20.8 Å². The van der Waals surface area contributed by atoms with Gasteiger partial charge in [-0.15, -0.1) is 10.2 Å². The van der Waals surface area contributed by atoms with Crippen LogP contribution < -0.4 is 0 Å². The molecule has 4 rings (SSSR count). The van der Waals surface area contributed by atoms with Crippen molar-refractivity contribution < 1.29 is 5.11 Å². The van der Waals surface area contributed by atoms with Crippen molar-refractivity contribution in [2.75, 3.05) is 0 Å². The van der Waals surface area contributed by atoms with Crippen LogP contribution in [-0.2, 0) is 0 Å². The Hall–Kier alpha value is -3.47. The molecule has 0 unspecified atom stereocenters. The molecule has 0 saturated heterocycles. The van der Waals surface area contributed by atoms with Gasteiger partial charge in [-0.3, -0.25) is 4.40 Å². The maximum Gasteiger partial charge on any atom is 0.187 e. The Morgan fingerprint density at radius 3 is 2.48 bits per heavy atom. The van der Waals surface area contributed by atoms with Crippen LogP contribution in [0.3, 0.4) is 0 Å². The summed E-state index contributed by atoms with van der Waals surface area (Å²) in [7, 11) is 0. The first-order valence-electron chi connectivity index (χ1n) is 8.79. The molecule has 0 saturated carbocycles. The third kappa shape index (κ3) is 3.19. The van der Waals surface area contributed by atoms with Gasteiger partial charge in [0.25, 0.3) is 0 Å². The van der Waals surface area contributed by atoms with Gasteiger partial charge in [0.1, 0.15) is 5.69 Å². The lowest BCUT2D eigenvalue weighted by atomic mass is 10.0. The zero-order valence-corrected chi connectivity index (χ0v) is 15.5. The SMILES string of the molecule is Cc1cccc(N=Nc2c(-c3ccc(C)cc3C)nc3c(O)cccn23)c1. The van der Waals surface area contributed by atoms with E-state index < -0.39 is 0 Å². The summed E-state index contributed by atoms with van der Waals surface area (Å²) < 4.78 is 1.77. The number of fused-ring (bicyclic) bond motifs is 1. The third-order valence-corrected chi connectivity index (χ3v) is 4.50. The van der Waals surface area contributed by atoms with Crippen molar-refractivity contribution in [1.29, 1.82) is 0 Å². The number of aryl methyl sites for hydroxylation is 3. The number of hydrogen-bond acceptors (Lipinski definition) is 4. The van der Waals surface area contributed by atoms with E-state index in [1.807, 2.05) is 56.4 Å². The van der Waals surface area contributed by atoms with Gasteiger partial charge in [-0.2, -0.15) is 0 Å². The first-order chi connectivity index (χ1) is 13.0. The summed E-state index contributed by atoms with van der Waals surface area (Å²) in [5.41, 5.74) is 6.32. The summed E-state index contributed by atoms with van der Waals surface area (Å²) in [6, 6.07) is 17.4. The number of pyridine rings is 1. The second kappa shape index (κ2) is 6.68. The van der Waals surface area contributed by atoms with Crippen LogP contribution in [0.25, 0.3) is 16.9 Å². The zero-order chi connectivity index (χ0) is 19.0. The Morgan fingerprint density at radius 2 is 1.70 bits per heavy atom. The number of hydrogen-bond donors (Lipinski definition) is 1. The fraction of sp³-hybridized carbons (Fsp3) is 0.136. The van der Waals surface area contributed by atoms with Crippen LogP contribution in [0.15, 0.2) is 71.0 Å². The Morgan fingerprint density at radius 1 is 0.889 bits per heavy atom. The highest BCUT2D eigenvalue weighted by Crippen LogP contribution is 2.36. The van der Waals surface area contributed by atoms with Crippen molar-refractivity contribution in [3.05, 3.63) is 77.5 Å². The fourth-order valence-electron chi connectivity index (χ4n) is 3.19. The molecule has 5 heteroatoms. The predicted octanol–water partition coefficient (Wildman–Crippen LogP) is 6.05. The third-order valence-electron chi connectivity index (χ3n) is 4.50. The molecule has 0 aliphatic heterocycles. The van der Waals surface area contributed by atoms with Crippen LogP contribution >= 0.6 is 0 Å². The van der Waals surface area contributed by atoms with E-state index in [4.69, 9.17) is 0 Å². The quantitative estimate of drug-likeness (QED) is 0.454. The molecule has 0 spiro atoms. The summed E-state index contributed by atoms with van der Waals surface area (Å²) in [5.74, 6) is 0.704. The highest BCUT2D eigenvalue weighted by Gasteiger charge is 2.17. The van der Waals surface area contributed by atoms with Gasteiger partial charge in [0, 0.05) is 11.8 Å². The summed E-state index contributed by atoms with van der Waals surface area (Å²) >= 11 is 0. The van der Waals surface area contributed by atoms with Crippen molar-refractivity contribution in [3.8, 4) is 17.0 Å². The van der Waals surface area contributed by atoms with Gasteiger partial charge in [-0.1, -0.05) is 35.9 Å². The van der Waals surface area contributed by atoms with Gasteiger partial charge in [0.2, 0.25) is 0 Å². The first-order valence-corrected chi connectivity index (χ1v) is 8.79. The van der Waals surface area contributed by atoms with Crippen molar-refractivity contribution in [2.24, 2.45) is 10.2 Å². The number of benzene rings is 2. The van der Waals surface area contributed by atoms with Gasteiger partial charge in [-0.05, 0) is 56.2 Å². The van der Waals surface area contributed by atoms with E-state index in [9.17, 15) is 5.11 Å². The predicted molar refractivity (Wildman–Crippen MR) is 107 cm³/mol. The molecule has 0 bridgehead atoms. The average molecular weight is 356 g/mol. The lowest BCUT2D eigenvalue weighted by Gasteiger charge is -2.05. The Kier molecular flexibility index (Phi) is 4.20. The van der Waals surface area contributed by atoms with Gasteiger partial charge in [0.15, 0.2) is 17.2 Å². The van der Waals surface area contributed by atoms with Gasteiger partial charge in [-0.25, -0.2) is 4.98 Å². The highest BCUT2D eigenvalue weighted by atomic mass is 16.3. The van der Waals surface area contributed by atoms with E-state index in [1.165, 1.54) is 5.56 Å². The fourth-order valence-corrected chi connectivity index (χ4v) is 3.19. The topological polar surface area (TPSA) is 62.2 Å². The van der Waals surface area contributed by atoms with Crippen LogP contribution in [0.2, 0.25) is 0 Å². The first kappa shape index (κ1) is 17.0. The summed E-state index contributed by atoms with van der Waals surface area (Å²) in [6.07, 6.45) is 1.83. The van der Waals surface area contributed by atoms with Crippen LogP contribution in [0.5, 0.6) is 5.75 Å². The van der Waals surface area contributed by atoms with E-state index in [0.717, 1.165) is 22.4 Å². The van der Waals surface area contributed by atoms with E-state index >= 15 is 0 Å². The molecule has 0 amide bonds. The number of imidazole rings is 1. The molecular formula is C22H20N4O. The molecule has 5 nitrogen and oxygen atoms in total. The van der Waals surface area contributed by atoms with Crippen molar-refractivity contribution >= 4 is 17.2 Å². The van der Waals surface area contributed by atoms with E-state index in [2.05, 4.69) is 28.2 Å². The number of nitrogens with zero attached hydrogens (tertiary/aromatic N) is 4. The second-order valence-electron chi connectivity index (χ2n) is 6.73. The summed E-state index contributed by atoms with van der Waals surface area (Å²) in [6.45, 7) is 6.13. The molecule has 2 heterocycles. The van der Waals surface area contributed by atoms with Crippen molar-refractivity contribution in [3.63, 3.8) is 0 Å². The smallest absolute Gasteiger partial charge is 0.187 e. The van der Waals surface area contributed by atoms with Crippen LogP contribution in [-0.4, -0.2) is 14.5 Å². The molecule has 134 valence electrons. The number of aromatic nitrogens is 2. The zero-order valence-electron chi connectivity index (χ0n) is 15.5. The molecule has 2 aromatic heterocycles. The Bertz CT molecular complexity index is 1170. The number of azo groups is 1. The minimum absolute atomic E-state index is 0.112. The van der Waals surface area contributed by atoms with Crippen molar-refractivity contribution in [1.82, 2.24) is 9.38 Å². The maximum atomic E-state index is 10.2. The molecule has 27 heavy (non-hydrogen) atoms. The van der Waals surface area contributed by atoms with Gasteiger partial charge in [0.05, 0.1) is 5.69 Å². The molecule has 0 fully saturated rings. The minimum atomic E-state index is 0.112. The lowest BCUT2D eigenvalue weighted by molar-refractivity contribution is 0.477. The van der Waals surface area contributed by atoms with Gasteiger partial charge < -0.3 is 5.11 Å². The molecular weight excluding hydrogens is 336 g/mol. The lowest BCUT2D eigenvalue weighted by Crippen LogP contribution is -1.86. The van der Waals surface area contributed by atoms with Gasteiger partial charge >= 0.3 is 0 Å². The number of rotatable bonds is 3. The van der Waals surface area contributed by atoms with Crippen LogP contribution in [0.4, 0.5) is 11.5 Å². The average Bonchev–Trinajstić information content (AvgIpc) is 3.00. The molecule has 0 radical (unpaired) electrons. The highest BCUT2D eigenvalue weighted by molar-refractivity contribution is 5.78. The molecule has 0 aliphatic carbocycles. The second-order valence-corrected chi connectivity index (χ2v) is 6.73. The van der Waals surface area contributed by atoms with E-state index in [0.29, 0.717) is 17.2 Å². The maximum absolute atomic E-state index is 10.2. The molecule has 1 N–H and O–H groups in total. The molecule has 0 aliphatic rings. The summed E-state index contributed by atoms with van der Waals surface area (Å²) in [5, 5.41) is 19.1. The largest absolute Gasteiger partial charge is 0.504 e.